The average Bonchev–Trinajstić information content (AvgIpc) is 3.01. The fraction of sp³-hybridized carbons (Fsp3) is 0.667. The summed E-state index contributed by atoms with van der Waals surface area (Å²) in [6, 6.07) is 0. The van der Waals surface area contributed by atoms with Gasteiger partial charge in [0.2, 0.25) is 0 Å². The summed E-state index contributed by atoms with van der Waals surface area (Å²) in [6.07, 6.45) is 2.99. The summed E-state index contributed by atoms with van der Waals surface area (Å²) in [5.74, 6) is 1.14. The third kappa shape index (κ3) is 2.80. The van der Waals surface area contributed by atoms with E-state index in [1.165, 1.54) is 5.69 Å². The molecule has 0 radical (unpaired) electrons. The predicted octanol–water partition coefficient (Wildman–Crippen LogP) is 1.82. The standard InChI is InChI=1S/C15H25N5S/c1-15(2,3)19-8-6-18(7-9-19)13-12(4-5-16)20-10-11-21-14(20)17-13/h10-11H,4-9,16H2,1-3H3. The molecule has 1 fully saturated rings. The van der Waals surface area contributed by atoms with Crippen LogP contribution in [-0.4, -0.2) is 52.5 Å². The highest BCUT2D eigenvalue weighted by Gasteiger charge is 2.28. The monoisotopic (exact) mass is 307 g/mol. The number of nitrogens with zero attached hydrogens (tertiary/aromatic N) is 4. The lowest BCUT2D eigenvalue weighted by atomic mass is 10.0. The van der Waals surface area contributed by atoms with Gasteiger partial charge < -0.3 is 10.6 Å². The molecule has 0 spiro atoms. The van der Waals surface area contributed by atoms with Crippen LogP contribution in [0.25, 0.3) is 4.96 Å². The fourth-order valence-corrected chi connectivity index (χ4v) is 3.76. The lowest BCUT2D eigenvalue weighted by Gasteiger charge is -2.42. The van der Waals surface area contributed by atoms with Gasteiger partial charge in [-0.2, -0.15) is 0 Å². The number of thiazole rings is 1. The van der Waals surface area contributed by atoms with Gasteiger partial charge in [-0.1, -0.05) is 0 Å². The van der Waals surface area contributed by atoms with Gasteiger partial charge in [0.1, 0.15) is 0 Å². The van der Waals surface area contributed by atoms with Crippen LogP contribution >= 0.6 is 11.3 Å². The van der Waals surface area contributed by atoms with Crippen LogP contribution in [0, 0.1) is 0 Å². The number of imidazole rings is 1. The van der Waals surface area contributed by atoms with Gasteiger partial charge in [0, 0.05) is 49.7 Å². The van der Waals surface area contributed by atoms with Crippen LogP contribution in [0.3, 0.4) is 0 Å². The summed E-state index contributed by atoms with van der Waals surface area (Å²) in [6.45, 7) is 11.8. The highest BCUT2D eigenvalue weighted by atomic mass is 32.1. The van der Waals surface area contributed by atoms with Crippen molar-refractivity contribution in [3.05, 3.63) is 17.3 Å². The highest BCUT2D eigenvalue weighted by molar-refractivity contribution is 7.15. The quantitative estimate of drug-likeness (QED) is 0.940. The molecule has 5 nitrogen and oxygen atoms in total. The zero-order valence-electron chi connectivity index (χ0n) is 13.2. The number of nitrogens with two attached hydrogens (primary N) is 1. The van der Waals surface area contributed by atoms with Crippen LogP contribution in [0.15, 0.2) is 11.6 Å². The first-order chi connectivity index (χ1) is 10.0. The third-order valence-corrected chi connectivity index (χ3v) is 5.01. The summed E-state index contributed by atoms with van der Waals surface area (Å²) >= 11 is 1.69. The molecule has 0 aromatic carbocycles. The number of piperazine rings is 1. The molecule has 0 aliphatic carbocycles. The summed E-state index contributed by atoms with van der Waals surface area (Å²) in [5.41, 5.74) is 7.31. The Morgan fingerprint density at radius 2 is 1.95 bits per heavy atom. The van der Waals surface area contributed by atoms with Gasteiger partial charge in [-0.05, 0) is 27.3 Å². The van der Waals surface area contributed by atoms with E-state index in [1.807, 2.05) is 0 Å². The van der Waals surface area contributed by atoms with Gasteiger partial charge in [0.25, 0.3) is 0 Å². The largest absolute Gasteiger partial charge is 0.352 e. The Hall–Kier alpha value is -1.11. The molecular formula is C15H25N5S. The summed E-state index contributed by atoms with van der Waals surface area (Å²) in [7, 11) is 0. The highest BCUT2D eigenvalue weighted by Crippen LogP contribution is 2.27. The summed E-state index contributed by atoms with van der Waals surface area (Å²) in [4.78, 5) is 10.9. The number of anilines is 1. The Morgan fingerprint density at radius 1 is 1.24 bits per heavy atom. The van der Waals surface area contributed by atoms with E-state index < -0.39 is 0 Å². The van der Waals surface area contributed by atoms with E-state index in [1.54, 1.807) is 11.3 Å². The average molecular weight is 307 g/mol. The summed E-state index contributed by atoms with van der Waals surface area (Å²) < 4.78 is 2.20. The number of fused-ring (bicyclic) bond motifs is 1. The zero-order valence-corrected chi connectivity index (χ0v) is 14.0. The molecule has 2 aromatic heterocycles. The Morgan fingerprint density at radius 3 is 2.57 bits per heavy atom. The van der Waals surface area contributed by atoms with Crippen molar-refractivity contribution in [2.45, 2.75) is 32.7 Å². The minimum Gasteiger partial charge on any atom is -0.352 e. The molecule has 0 bridgehead atoms. The van der Waals surface area contributed by atoms with Crippen molar-refractivity contribution in [3.63, 3.8) is 0 Å². The molecule has 1 aliphatic heterocycles. The molecule has 0 amide bonds. The molecule has 3 rings (SSSR count). The van der Waals surface area contributed by atoms with Crippen LogP contribution in [0.5, 0.6) is 0 Å². The second-order valence-corrected chi connectivity index (χ2v) is 7.49. The molecule has 0 atom stereocenters. The van der Waals surface area contributed by atoms with Crippen molar-refractivity contribution in [1.82, 2.24) is 14.3 Å². The van der Waals surface area contributed by atoms with Crippen molar-refractivity contribution in [3.8, 4) is 0 Å². The van der Waals surface area contributed by atoms with Gasteiger partial charge >= 0.3 is 0 Å². The third-order valence-electron chi connectivity index (χ3n) is 4.25. The van der Waals surface area contributed by atoms with Crippen molar-refractivity contribution < 1.29 is 0 Å². The van der Waals surface area contributed by atoms with Crippen molar-refractivity contribution in [1.29, 1.82) is 0 Å². The fourth-order valence-electron chi connectivity index (χ4n) is 3.03. The number of hydrogen-bond donors (Lipinski definition) is 1. The van der Waals surface area contributed by atoms with Crippen molar-refractivity contribution in [2.24, 2.45) is 5.73 Å². The maximum Gasteiger partial charge on any atom is 0.195 e. The number of rotatable bonds is 3. The van der Waals surface area contributed by atoms with Gasteiger partial charge in [-0.3, -0.25) is 9.30 Å². The molecular weight excluding hydrogens is 282 g/mol. The molecule has 2 aromatic rings. The van der Waals surface area contributed by atoms with Gasteiger partial charge in [0.15, 0.2) is 10.8 Å². The van der Waals surface area contributed by atoms with Crippen LogP contribution in [-0.2, 0) is 6.42 Å². The smallest absolute Gasteiger partial charge is 0.195 e. The Kier molecular flexibility index (Phi) is 3.94. The molecule has 3 heterocycles. The lowest BCUT2D eigenvalue weighted by molar-refractivity contribution is 0.128. The van der Waals surface area contributed by atoms with Crippen molar-refractivity contribution in [2.75, 3.05) is 37.6 Å². The van der Waals surface area contributed by atoms with Gasteiger partial charge in [0.05, 0.1) is 5.69 Å². The zero-order chi connectivity index (χ0) is 15.0. The van der Waals surface area contributed by atoms with Crippen LogP contribution in [0.2, 0.25) is 0 Å². The van der Waals surface area contributed by atoms with E-state index in [4.69, 9.17) is 10.7 Å². The number of aromatic nitrogens is 2. The maximum absolute atomic E-state index is 5.79. The second kappa shape index (κ2) is 5.59. The molecule has 1 saturated heterocycles. The molecule has 21 heavy (non-hydrogen) atoms. The van der Waals surface area contributed by atoms with Crippen molar-refractivity contribution >= 4 is 22.1 Å². The molecule has 116 valence electrons. The molecule has 2 N–H and O–H groups in total. The minimum atomic E-state index is 0.251. The first kappa shape index (κ1) is 14.8. The minimum absolute atomic E-state index is 0.251. The first-order valence-electron chi connectivity index (χ1n) is 7.65. The SMILES string of the molecule is CC(C)(C)N1CCN(c2nc3sccn3c2CCN)CC1. The molecule has 0 saturated carbocycles. The predicted molar refractivity (Wildman–Crippen MR) is 89.4 cm³/mol. The van der Waals surface area contributed by atoms with Crippen LogP contribution < -0.4 is 10.6 Å². The van der Waals surface area contributed by atoms with E-state index in [-0.39, 0.29) is 5.54 Å². The topological polar surface area (TPSA) is 49.8 Å². The van der Waals surface area contributed by atoms with E-state index >= 15 is 0 Å². The normalized spacial score (nSPS) is 17.8. The Bertz CT molecular complexity index is 601. The molecule has 6 heteroatoms. The van der Waals surface area contributed by atoms with Gasteiger partial charge in [-0.25, -0.2) is 4.98 Å². The van der Waals surface area contributed by atoms with E-state index in [9.17, 15) is 0 Å². The van der Waals surface area contributed by atoms with E-state index in [0.29, 0.717) is 6.54 Å². The lowest BCUT2D eigenvalue weighted by Crippen LogP contribution is -2.53. The molecule has 0 unspecified atom stereocenters. The number of hydrogen-bond acceptors (Lipinski definition) is 5. The van der Waals surface area contributed by atoms with E-state index in [0.717, 1.165) is 43.4 Å². The van der Waals surface area contributed by atoms with Crippen LogP contribution in [0.4, 0.5) is 5.82 Å². The summed E-state index contributed by atoms with van der Waals surface area (Å²) in [5, 5.41) is 2.09. The van der Waals surface area contributed by atoms with Gasteiger partial charge in [-0.15, -0.1) is 11.3 Å². The molecule has 1 aliphatic rings. The first-order valence-corrected chi connectivity index (χ1v) is 8.53. The second-order valence-electron chi connectivity index (χ2n) is 6.62. The van der Waals surface area contributed by atoms with Crippen LogP contribution in [0.1, 0.15) is 26.5 Å². The van der Waals surface area contributed by atoms with E-state index in [2.05, 4.69) is 46.5 Å². The Balaban J connectivity index is 1.82. The maximum atomic E-state index is 5.79. The Labute approximate surface area is 130 Å².